The minimum Gasteiger partial charge on any atom is -0.334 e. The molecule has 3 heterocycles. The Kier molecular flexibility index (Phi) is 2.86. The van der Waals surface area contributed by atoms with E-state index in [0.717, 1.165) is 18.5 Å². The topological polar surface area (TPSA) is 50.2 Å². The van der Waals surface area contributed by atoms with E-state index in [-0.39, 0.29) is 5.91 Å². The standard InChI is InChI=1S/C13H20N4O/c1-9(2)17-8-10(6-15-17)7-16-12-3-4-14-11(12)5-13(16)18/h6,8-9,11-12,14H,3-5,7H2,1-2H3/t11-,12-/m1/s1. The van der Waals surface area contributed by atoms with E-state index in [0.29, 0.717) is 31.1 Å². The Morgan fingerprint density at radius 3 is 3.11 bits per heavy atom. The first kappa shape index (κ1) is 11.7. The molecule has 98 valence electrons. The second kappa shape index (κ2) is 4.39. The van der Waals surface area contributed by atoms with Gasteiger partial charge in [-0.05, 0) is 26.8 Å². The van der Waals surface area contributed by atoms with Crippen LogP contribution in [0.15, 0.2) is 12.4 Å². The highest BCUT2D eigenvalue weighted by Gasteiger charge is 2.42. The highest BCUT2D eigenvalue weighted by molar-refractivity contribution is 5.80. The number of fused-ring (bicyclic) bond motifs is 1. The van der Waals surface area contributed by atoms with Gasteiger partial charge in [0.2, 0.25) is 5.91 Å². The van der Waals surface area contributed by atoms with Gasteiger partial charge >= 0.3 is 0 Å². The molecule has 2 atom stereocenters. The van der Waals surface area contributed by atoms with Crippen LogP contribution in [-0.2, 0) is 11.3 Å². The number of rotatable bonds is 3. The molecule has 1 aromatic heterocycles. The Hall–Kier alpha value is -1.36. The number of nitrogens with one attached hydrogen (secondary N) is 1. The van der Waals surface area contributed by atoms with E-state index in [1.165, 1.54) is 0 Å². The maximum absolute atomic E-state index is 12.0. The van der Waals surface area contributed by atoms with Crippen LogP contribution in [0.3, 0.4) is 0 Å². The molecule has 0 aliphatic carbocycles. The Bertz CT molecular complexity index is 454. The summed E-state index contributed by atoms with van der Waals surface area (Å²) in [5.74, 6) is 0.273. The van der Waals surface area contributed by atoms with Crippen molar-refractivity contribution in [3.8, 4) is 0 Å². The Labute approximate surface area is 107 Å². The zero-order chi connectivity index (χ0) is 12.7. The maximum Gasteiger partial charge on any atom is 0.224 e. The van der Waals surface area contributed by atoms with Gasteiger partial charge in [-0.15, -0.1) is 0 Å². The number of carbonyl (C=O) groups is 1. The predicted octanol–water partition coefficient (Wildman–Crippen LogP) is 0.927. The number of nitrogens with zero attached hydrogens (tertiary/aromatic N) is 3. The van der Waals surface area contributed by atoms with Crippen molar-refractivity contribution in [3.05, 3.63) is 18.0 Å². The molecule has 1 aromatic rings. The number of aromatic nitrogens is 2. The molecule has 5 heteroatoms. The minimum absolute atomic E-state index is 0.273. The molecule has 1 N–H and O–H groups in total. The van der Waals surface area contributed by atoms with E-state index in [1.807, 2.05) is 22.0 Å². The van der Waals surface area contributed by atoms with Crippen molar-refractivity contribution in [3.63, 3.8) is 0 Å². The van der Waals surface area contributed by atoms with E-state index in [4.69, 9.17) is 0 Å². The molecule has 0 bridgehead atoms. The van der Waals surface area contributed by atoms with Crippen LogP contribution in [0.2, 0.25) is 0 Å². The quantitative estimate of drug-likeness (QED) is 0.865. The molecule has 2 aliphatic rings. The molecular formula is C13H20N4O. The van der Waals surface area contributed by atoms with Crippen LogP contribution in [0, 0.1) is 0 Å². The number of carbonyl (C=O) groups excluding carboxylic acids is 1. The highest BCUT2D eigenvalue weighted by Crippen LogP contribution is 2.27. The van der Waals surface area contributed by atoms with E-state index in [9.17, 15) is 4.79 Å². The number of likely N-dealkylation sites (tertiary alicyclic amines) is 1. The monoisotopic (exact) mass is 248 g/mol. The minimum atomic E-state index is 0.273. The summed E-state index contributed by atoms with van der Waals surface area (Å²) in [6.45, 7) is 5.95. The van der Waals surface area contributed by atoms with Gasteiger partial charge in [-0.1, -0.05) is 0 Å². The summed E-state index contributed by atoms with van der Waals surface area (Å²) in [5.41, 5.74) is 1.13. The smallest absolute Gasteiger partial charge is 0.224 e. The van der Waals surface area contributed by atoms with Gasteiger partial charge in [-0.3, -0.25) is 9.48 Å². The lowest BCUT2D eigenvalue weighted by Crippen LogP contribution is -2.35. The lowest BCUT2D eigenvalue weighted by Gasteiger charge is -2.22. The first-order valence-corrected chi connectivity index (χ1v) is 6.71. The van der Waals surface area contributed by atoms with E-state index >= 15 is 0 Å². The Morgan fingerprint density at radius 2 is 2.39 bits per heavy atom. The molecule has 2 saturated heterocycles. The van der Waals surface area contributed by atoms with Gasteiger partial charge in [0.25, 0.3) is 0 Å². The van der Waals surface area contributed by atoms with Gasteiger partial charge < -0.3 is 10.2 Å². The number of hydrogen-bond acceptors (Lipinski definition) is 3. The normalized spacial score (nSPS) is 27.3. The van der Waals surface area contributed by atoms with E-state index in [1.54, 1.807) is 0 Å². The van der Waals surface area contributed by atoms with E-state index in [2.05, 4.69) is 24.3 Å². The number of amides is 1. The average Bonchev–Trinajstić information content (AvgIpc) is 2.98. The molecule has 1 amide bonds. The highest BCUT2D eigenvalue weighted by atomic mass is 16.2. The van der Waals surface area contributed by atoms with Gasteiger partial charge in [0, 0.05) is 42.9 Å². The zero-order valence-electron chi connectivity index (χ0n) is 11.0. The number of hydrogen-bond donors (Lipinski definition) is 1. The summed E-state index contributed by atoms with van der Waals surface area (Å²) in [6.07, 6.45) is 5.66. The van der Waals surface area contributed by atoms with Crippen LogP contribution < -0.4 is 5.32 Å². The predicted molar refractivity (Wildman–Crippen MR) is 68.0 cm³/mol. The molecule has 3 rings (SSSR count). The van der Waals surface area contributed by atoms with Crippen LogP contribution in [0.4, 0.5) is 0 Å². The van der Waals surface area contributed by atoms with Gasteiger partial charge in [-0.25, -0.2) is 0 Å². The van der Waals surface area contributed by atoms with Crippen LogP contribution in [0.5, 0.6) is 0 Å². The molecule has 2 fully saturated rings. The lowest BCUT2D eigenvalue weighted by atomic mass is 10.1. The lowest BCUT2D eigenvalue weighted by molar-refractivity contribution is -0.129. The third-order valence-corrected chi connectivity index (χ3v) is 3.96. The first-order chi connectivity index (χ1) is 8.65. The molecule has 2 aliphatic heterocycles. The first-order valence-electron chi connectivity index (χ1n) is 6.71. The maximum atomic E-state index is 12.0. The fraction of sp³-hybridized carbons (Fsp3) is 0.692. The largest absolute Gasteiger partial charge is 0.334 e. The van der Waals surface area contributed by atoms with Gasteiger partial charge in [0.05, 0.1) is 6.20 Å². The van der Waals surface area contributed by atoms with Crippen molar-refractivity contribution >= 4 is 5.91 Å². The molecule has 0 aromatic carbocycles. The van der Waals surface area contributed by atoms with Crippen molar-refractivity contribution < 1.29 is 4.79 Å². The van der Waals surface area contributed by atoms with Gasteiger partial charge in [0.15, 0.2) is 0 Å². The molecule has 18 heavy (non-hydrogen) atoms. The summed E-state index contributed by atoms with van der Waals surface area (Å²) in [7, 11) is 0. The third-order valence-electron chi connectivity index (χ3n) is 3.96. The fourth-order valence-corrected chi connectivity index (χ4v) is 2.97. The second-order valence-corrected chi connectivity index (χ2v) is 5.56. The van der Waals surface area contributed by atoms with Crippen molar-refractivity contribution in [2.45, 2.75) is 51.4 Å². The average molecular weight is 248 g/mol. The molecule has 0 spiro atoms. The summed E-state index contributed by atoms with van der Waals surface area (Å²) in [4.78, 5) is 14.0. The van der Waals surface area contributed by atoms with Gasteiger partial charge in [-0.2, -0.15) is 5.10 Å². The zero-order valence-corrected chi connectivity index (χ0v) is 11.0. The second-order valence-electron chi connectivity index (χ2n) is 5.56. The molecular weight excluding hydrogens is 228 g/mol. The van der Waals surface area contributed by atoms with Gasteiger partial charge in [0.1, 0.15) is 0 Å². The molecule has 0 unspecified atom stereocenters. The van der Waals surface area contributed by atoms with Crippen molar-refractivity contribution in [1.82, 2.24) is 20.0 Å². The van der Waals surface area contributed by atoms with Crippen molar-refractivity contribution in [1.29, 1.82) is 0 Å². The van der Waals surface area contributed by atoms with Crippen LogP contribution in [0.1, 0.15) is 38.3 Å². The van der Waals surface area contributed by atoms with Crippen LogP contribution in [0.25, 0.3) is 0 Å². The van der Waals surface area contributed by atoms with Crippen molar-refractivity contribution in [2.24, 2.45) is 0 Å². The molecule has 0 radical (unpaired) electrons. The summed E-state index contributed by atoms with van der Waals surface area (Å²) in [6, 6.07) is 1.13. The Morgan fingerprint density at radius 1 is 1.56 bits per heavy atom. The summed E-state index contributed by atoms with van der Waals surface area (Å²) in [5, 5.41) is 7.74. The molecule has 5 nitrogen and oxygen atoms in total. The van der Waals surface area contributed by atoms with Crippen LogP contribution in [-0.4, -0.2) is 39.2 Å². The summed E-state index contributed by atoms with van der Waals surface area (Å²) >= 11 is 0. The summed E-state index contributed by atoms with van der Waals surface area (Å²) < 4.78 is 1.94. The Balaban J connectivity index is 1.73. The van der Waals surface area contributed by atoms with Crippen molar-refractivity contribution in [2.75, 3.05) is 6.54 Å². The fourth-order valence-electron chi connectivity index (χ4n) is 2.97. The van der Waals surface area contributed by atoms with E-state index < -0.39 is 0 Å². The van der Waals surface area contributed by atoms with Crippen LogP contribution >= 0.6 is 0 Å². The molecule has 0 saturated carbocycles. The SMILES string of the molecule is CC(C)n1cc(CN2C(=O)C[C@H]3NCC[C@H]32)cn1. The third kappa shape index (κ3) is 1.92.